The summed E-state index contributed by atoms with van der Waals surface area (Å²) in [5.41, 5.74) is -2.67. The van der Waals surface area contributed by atoms with Crippen molar-refractivity contribution in [2.24, 2.45) is 0 Å². The van der Waals surface area contributed by atoms with E-state index in [-0.39, 0.29) is 0 Å². The second-order valence-corrected chi connectivity index (χ2v) is 2.48. The average molecular weight is 234 g/mol. The Morgan fingerprint density at radius 3 is 1.60 bits per heavy atom. The monoisotopic (exact) mass is 234 g/mol. The number of halogens is 7. The molecule has 0 amide bonds. The fraction of sp³-hybridized carbons (Fsp3) is 0.143. The molecular formula is C7HF7O. The molecule has 0 aliphatic heterocycles. The van der Waals surface area contributed by atoms with E-state index in [1.165, 1.54) is 0 Å². The van der Waals surface area contributed by atoms with Crippen LogP contribution in [0.25, 0.3) is 0 Å². The molecule has 1 nitrogen and oxygen atoms in total. The zero-order valence-corrected chi connectivity index (χ0v) is 6.59. The molecule has 0 aliphatic carbocycles. The Balaban J connectivity index is 3.68. The van der Waals surface area contributed by atoms with Crippen LogP contribution in [0.15, 0.2) is 0 Å². The molecule has 0 saturated heterocycles. The third kappa shape index (κ3) is 1.71. The molecule has 1 rings (SSSR count). The Morgan fingerprint density at radius 2 is 1.20 bits per heavy atom. The Bertz CT molecular complexity index is 380. The van der Waals surface area contributed by atoms with Crippen molar-refractivity contribution < 1.29 is 35.8 Å². The molecule has 0 spiro atoms. The van der Waals surface area contributed by atoms with Gasteiger partial charge in [-0.25, -0.2) is 13.2 Å². The van der Waals surface area contributed by atoms with Crippen molar-refractivity contribution in [3.63, 3.8) is 0 Å². The maximum Gasteiger partial charge on any atom is 0.422 e. The quantitative estimate of drug-likeness (QED) is 0.415. The van der Waals surface area contributed by atoms with Gasteiger partial charge in [-0.2, -0.15) is 17.6 Å². The van der Waals surface area contributed by atoms with Crippen molar-refractivity contribution in [1.29, 1.82) is 0 Å². The highest BCUT2D eigenvalue weighted by Gasteiger charge is 2.42. The molecule has 1 aromatic rings. The summed E-state index contributed by atoms with van der Waals surface area (Å²) in [7, 11) is 0. The summed E-state index contributed by atoms with van der Waals surface area (Å²) in [6, 6.07) is 0. The van der Waals surface area contributed by atoms with E-state index >= 15 is 0 Å². The Morgan fingerprint density at radius 1 is 0.733 bits per heavy atom. The molecule has 0 aromatic heterocycles. The fourth-order valence-corrected chi connectivity index (χ4v) is 0.870. The molecule has 0 heterocycles. The van der Waals surface area contributed by atoms with Gasteiger partial charge in [0.2, 0.25) is 5.82 Å². The average Bonchev–Trinajstić information content (AvgIpc) is 2.09. The molecule has 0 radical (unpaired) electrons. The number of hydrogen-bond acceptors (Lipinski definition) is 1. The van der Waals surface area contributed by atoms with Gasteiger partial charge < -0.3 is 5.11 Å². The fourth-order valence-electron chi connectivity index (χ4n) is 0.870. The maximum atomic E-state index is 12.6. The van der Waals surface area contributed by atoms with Crippen LogP contribution in [-0.2, 0) is 6.18 Å². The molecule has 0 atom stereocenters. The molecule has 0 aliphatic rings. The topological polar surface area (TPSA) is 20.2 Å². The Kier molecular flexibility index (Phi) is 2.54. The van der Waals surface area contributed by atoms with Crippen LogP contribution in [0.5, 0.6) is 5.75 Å². The Hall–Kier alpha value is -1.47. The van der Waals surface area contributed by atoms with Gasteiger partial charge in [-0.1, -0.05) is 0 Å². The normalized spacial score (nSPS) is 11.9. The van der Waals surface area contributed by atoms with Crippen LogP contribution < -0.4 is 0 Å². The molecule has 1 aromatic carbocycles. The van der Waals surface area contributed by atoms with Crippen molar-refractivity contribution >= 4 is 0 Å². The van der Waals surface area contributed by atoms with Gasteiger partial charge in [0.05, 0.1) is 0 Å². The number of alkyl halides is 3. The molecular weight excluding hydrogens is 233 g/mol. The summed E-state index contributed by atoms with van der Waals surface area (Å²) in [4.78, 5) is 0. The van der Waals surface area contributed by atoms with Gasteiger partial charge in [0, 0.05) is 0 Å². The maximum absolute atomic E-state index is 12.6. The van der Waals surface area contributed by atoms with E-state index in [0.717, 1.165) is 0 Å². The predicted octanol–water partition coefficient (Wildman–Crippen LogP) is 2.97. The van der Waals surface area contributed by atoms with E-state index in [4.69, 9.17) is 5.11 Å². The molecule has 0 saturated carbocycles. The number of benzene rings is 1. The van der Waals surface area contributed by atoms with E-state index < -0.39 is 40.8 Å². The minimum Gasteiger partial charge on any atom is -0.503 e. The first-order chi connectivity index (χ1) is 6.68. The molecule has 15 heavy (non-hydrogen) atoms. The van der Waals surface area contributed by atoms with Gasteiger partial charge in [0.25, 0.3) is 0 Å². The van der Waals surface area contributed by atoms with Gasteiger partial charge in [-0.05, 0) is 0 Å². The van der Waals surface area contributed by atoms with E-state index in [2.05, 4.69) is 0 Å². The van der Waals surface area contributed by atoms with Gasteiger partial charge in [-0.15, -0.1) is 0 Å². The number of phenols is 1. The lowest BCUT2D eigenvalue weighted by Crippen LogP contribution is -2.14. The minimum absolute atomic E-state index is 2.21. The Labute approximate surface area is 77.7 Å². The molecule has 8 heteroatoms. The van der Waals surface area contributed by atoms with Gasteiger partial charge in [0.1, 0.15) is 5.56 Å². The first-order valence-electron chi connectivity index (χ1n) is 3.30. The van der Waals surface area contributed by atoms with E-state index in [9.17, 15) is 30.7 Å². The van der Waals surface area contributed by atoms with Gasteiger partial charge in [-0.3, -0.25) is 0 Å². The third-order valence-corrected chi connectivity index (χ3v) is 1.52. The zero-order chi connectivity index (χ0) is 12.0. The van der Waals surface area contributed by atoms with Crippen molar-refractivity contribution in [2.75, 3.05) is 0 Å². The molecule has 84 valence electrons. The molecule has 1 N–H and O–H groups in total. The first-order valence-corrected chi connectivity index (χ1v) is 3.30. The van der Waals surface area contributed by atoms with E-state index in [1.807, 2.05) is 0 Å². The standard InChI is InChI=1S/C7HF7O/c8-2-1(7(12,13)14)3(9)6(15)5(11)4(2)10/h15H. The lowest BCUT2D eigenvalue weighted by atomic mass is 10.1. The lowest BCUT2D eigenvalue weighted by Gasteiger charge is -2.11. The second-order valence-electron chi connectivity index (χ2n) is 2.48. The summed E-state index contributed by atoms with van der Waals surface area (Å²) in [6.45, 7) is 0. The number of rotatable bonds is 0. The summed E-state index contributed by atoms with van der Waals surface area (Å²) < 4.78 is 85.6. The van der Waals surface area contributed by atoms with Crippen LogP contribution >= 0.6 is 0 Å². The third-order valence-electron chi connectivity index (χ3n) is 1.52. The molecule has 0 unspecified atom stereocenters. The van der Waals surface area contributed by atoms with Crippen molar-refractivity contribution in [3.05, 3.63) is 28.8 Å². The van der Waals surface area contributed by atoms with Crippen LogP contribution in [0.4, 0.5) is 30.7 Å². The highest BCUT2D eigenvalue weighted by atomic mass is 19.4. The lowest BCUT2D eigenvalue weighted by molar-refractivity contribution is -0.143. The number of aromatic hydroxyl groups is 1. The highest BCUT2D eigenvalue weighted by Crippen LogP contribution is 2.39. The van der Waals surface area contributed by atoms with Crippen LogP contribution in [0.1, 0.15) is 5.56 Å². The largest absolute Gasteiger partial charge is 0.503 e. The number of phenolic OH excluding ortho intramolecular Hbond substituents is 1. The van der Waals surface area contributed by atoms with Crippen LogP contribution in [-0.4, -0.2) is 5.11 Å². The van der Waals surface area contributed by atoms with Crippen LogP contribution in [0, 0.1) is 23.3 Å². The summed E-state index contributed by atoms with van der Waals surface area (Å²) in [6.07, 6.45) is -5.57. The first kappa shape index (κ1) is 11.6. The summed E-state index contributed by atoms with van der Waals surface area (Å²) >= 11 is 0. The molecule has 0 fully saturated rings. The van der Waals surface area contributed by atoms with Crippen molar-refractivity contribution in [1.82, 2.24) is 0 Å². The highest BCUT2D eigenvalue weighted by molar-refractivity contribution is 5.35. The SMILES string of the molecule is Oc1c(F)c(F)c(F)c(C(F)(F)F)c1F. The smallest absolute Gasteiger partial charge is 0.422 e. The van der Waals surface area contributed by atoms with Gasteiger partial charge in [0.15, 0.2) is 23.2 Å². The van der Waals surface area contributed by atoms with E-state index in [0.29, 0.717) is 0 Å². The summed E-state index contributed by atoms with van der Waals surface area (Å²) in [5, 5.41) is 8.40. The predicted molar refractivity (Wildman–Crippen MR) is 32.9 cm³/mol. The van der Waals surface area contributed by atoms with Gasteiger partial charge >= 0.3 is 6.18 Å². The molecule has 0 bridgehead atoms. The van der Waals surface area contributed by atoms with Crippen molar-refractivity contribution in [2.45, 2.75) is 6.18 Å². The second kappa shape index (κ2) is 3.28. The number of hydrogen-bond donors (Lipinski definition) is 1. The van der Waals surface area contributed by atoms with Crippen LogP contribution in [0.2, 0.25) is 0 Å². The van der Waals surface area contributed by atoms with Crippen LogP contribution in [0.3, 0.4) is 0 Å². The minimum atomic E-state index is -5.57. The van der Waals surface area contributed by atoms with Crippen molar-refractivity contribution in [3.8, 4) is 5.75 Å². The van der Waals surface area contributed by atoms with E-state index in [1.54, 1.807) is 0 Å². The summed E-state index contributed by atoms with van der Waals surface area (Å²) in [5.74, 6) is -12.5. The zero-order valence-electron chi connectivity index (χ0n) is 6.59.